The summed E-state index contributed by atoms with van der Waals surface area (Å²) in [6, 6.07) is 24.8. The zero-order valence-corrected chi connectivity index (χ0v) is 18.0. The number of nitrogens with zero attached hydrogens (tertiary/aromatic N) is 2. The van der Waals surface area contributed by atoms with Gasteiger partial charge in [0.2, 0.25) is 0 Å². The summed E-state index contributed by atoms with van der Waals surface area (Å²) in [5, 5.41) is 4.71. The lowest BCUT2D eigenvalue weighted by Gasteiger charge is -2.10. The molecule has 0 bridgehead atoms. The molecule has 6 nitrogen and oxygen atoms in total. The fourth-order valence-electron chi connectivity index (χ4n) is 3.70. The van der Waals surface area contributed by atoms with Gasteiger partial charge in [-0.2, -0.15) is 5.10 Å². The van der Waals surface area contributed by atoms with Crippen LogP contribution in [0.15, 0.2) is 78.9 Å². The average molecular weight is 426 g/mol. The van der Waals surface area contributed by atoms with Crippen LogP contribution >= 0.6 is 0 Å². The molecule has 0 atom stereocenters. The van der Waals surface area contributed by atoms with Gasteiger partial charge in [0.1, 0.15) is 11.3 Å². The first-order chi connectivity index (χ1) is 15.5. The third-order valence-corrected chi connectivity index (χ3v) is 5.17. The lowest BCUT2D eigenvalue weighted by atomic mass is 9.94. The molecule has 0 saturated carbocycles. The lowest BCUT2D eigenvalue weighted by Crippen LogP contribution is -2.15. The molecule has 0 unspecified atom stereocenters. The number of esters is 2. The van der Waals surface area contributed by atoms with Crippen LogP contribution < -0.4 is 0 Å². The van der Waals surface area contributed by atoms with E-state index >= 15 is 0 Å². The minimum Gasteiger partial charge on any atom is -0.465 e. The highest BCUT2D eigenvalue weighted by Gasteiger charge is 2.32. The first-order valence-electron chi connectivity index (χ1n) is 10.1. The van der Waals surface area contributed by atoms with Crippen LogP contribution in [0.3, 0.4) is 0 Å². The predicted octanol–water partition coefficient (Wildman–Crippen LogP) is 5.09. The van der Waals surface area contributed by atoms with Crippen LogP contribution in [0.5, 0.6) is 0 Å². The van der Waals surface area contributed by atoms with E-state index in [1.165, 1.54) is 18.9 Å². The third-order valence-electron chi connectivity index (χ3n) is 5.17. The van der Waals surface area contributed by atoms with E-state index in [0.29, 0.717) is 16.9 Å². The number of methoxy groups -OCH3 is 2. The molecule has 160 valence electrons. The Kier molecular flexibility index (Phi) is 5.85. The average Bonchev–Trinajstić information content (AvgIpc) is 3.24. The molecule has 4 rings (SSSR count). The zero-order chi connectivity index (χ0) is 22.7. The second-order valence-corrected chi connectivity index (χ2v) is 7.22. The Bertz CT molecular complexity index is 1290. The molecular formula is C26H22N2O4. The summed E-state index contributed by atoms with van der Waals surface area (Å²) < 4.78 is 11.5. The predicted molar refractivity (Wildman–Crippen MR) is 122 cm³/mol. The number of aryl methyl sites for hydroxylation is 1. The van der Waals surface area contributed by atoms with Crippen LogP contribution in [0, 0.1) is 6.92 Å². The molecule has 1 aromatic heterocycles. The van der Waals surface area contributed by atoms with E-state index in [2.05, 4.69) is 6.07 Å². The summed E-state index contributed by atoms with van der Waals surface area (Å²) in [4.78, 5) is 25.7. The summed E-state index contributed by atoms with van der Waals surface area (Å²) >= 11 is 0. The van der Waals surface area contributed by atoms with Gasteiger partial charge in [0.15, 0.2) is 5.69 Å². The van der Waals surface area contributed by atoms with E-state index in [1.807, 2.05) is 67.6 Å². The number of hydrogen-bond donors (Lipinski definition) is 0. The molecule has 0 saturated heterocycles. The molecule has 0 aliphatic rings. The van der Waals surface area contributed by atoms with Gasteiger partial charge in [0.25, 0.3) is 0 Å². The first kappa shape index (κ1) is 21.1. The van der Waals surface area contributed by atoms with E-state index in [-0.39, 0.29) is 11.3 Å². The van der Waals surface area contributed by atoms with Crippen molar-refractivity contribution < 1.29 is 19.1 Å². The van der Waals surface area contributed by atoms with Crippen molar-refractivity contribution >= 4 is 11.9 Å². The molecule has 0 N–H and O–H groups in total. The van der Waals surface area contributed by atoms with Gasteiger partial charge >= 0.3 is 11.9 Å². The SMILES string of the molecule is COC(=O)c1c(-c2ccccc2-c2cccc(C)c2)nn(-c2ccccc2)c1C(=O)OC. The normalized spacial score (nSPS) is 10.6. The van der Waals surface area contributed by atoms with Crippen LogP contribution in [0.4, 0.5) is 0 Å². The number of ether oxygens (including phenoxy) is 2. The van der Waals surface area contributed by atoms with Gasteiger partial charge in [-0.15, -0.1) is 0 Å². The topological polar surface area (TPSA) is 70.4 Å². The Morgan fingerprint density at radius 3 is 2.09 bits per heavy atom. The van der Waals surface area contributed by atoms with E-state index in [9.17, 15) is 9.59 Å². The summed E-state index contributed by atoms with van der Waals surface area (Å²) in [7, 11) is 2.55. The zero-order valence-electron chi connectivity index (χ0n) is 18.0. The number of para-hydroxylation sites is 1. The number of carbonyl (C=O) groups is 2. The maximum absolute atomic E-state index is 12.9. The fourth-order valence-corrected chi connectivity index (χ4v) is 3.70. The lowest BCUT2D eigenvalue weighted by molar-refractivity contribution is 0.0549. The van der Waals surface area contributed by atoms with Crippen molar-refractivity contribution in [1.29, 1.82) is 0 Å². The van der Waals surface area contributed by atoms with Crippen LogP contribution in [-0.2, 0) is 9.47 Å². The van der Waals surface area contributed by atoms with E-state index in [0.717, 1.165) is 16.7 Å². The van der Waals surface area contributed by atoms with Gasteiger partial charge < -0.3 is 9.47 Å². The fraction of sp³-hybridized carbons (Fsp3) is 0.115. The standard InChI is InChI=1S/C26H22N2O4/c1-17-10-9-11-18(16-17)20-14-7-8-15-21(20)23-22(25(29)31-2)24(26(30)32-3)28(27-23)19-12-5-4-6-13-19/h4-16H,1-3H3. The van der Waals surface area contributed by atoms with Gasteiger partial charge in [-0.05, 0) is 30.2 Å². The van der Waals surface area contributed by atoms with Gasteiger partial charge in [-0.3, -0.25) is 0 Å². The van der Waals surface area contributed by atoms with Gasteiger partial charge in [-0.25, -0.2) is 14.3 Å². The van der Waals surface area contributed by atoms with Crippen molar-refractivity contribution in [3.63, 3.8) is 0 Å². The van der Waals surface area contributed by atoms with Crippen LogP contribution in [0.25, 0.3) is 28.1 Å². The molecular weight excluding hydrogens is 404 g/mol. The highest BCUT2D eigenvalue weighted by Crippen LogP contribution is 2.36. The highest BCUT2D eigenvalue weighted by molar-refractivity contribution is 6.07. The maximum atomic E-state index is 12.9. The van der Waals surface area contributed by atoms with Crippen molar-refractivity contribution in [2.45, 2.75) is 6.92 Å². The Morgan fingerprint density at radius 2 is 1.44 bits per heavy atom. The number of carbonyl (C=O) groups excluding carboxylic acids is 2. The van der Waals surface area contributed by atoms with E-state index < -0.39 is 11.9 Å². The van der Waals surface area contributed by atoms with Crippen LogP contribution in [0.1, 0.15) is 26.4 Å². The summed E-state index contributed by atoms with van der Waals surface area (Å²) in [5.41, 5.74) is 4.72. The number of hydrogen-bond acceptors (Lipinski definition) is 5. The largest absolute Gasteiger partial charge is 0.465 e. The molecule has 0 amide bonds. The molecule has 1 heterocycles. The van der Waals surface area contributed by atoms with Crippen molar-refractivity contribution in [2.75, 3.05) is 14.2 Å². The Morgan fingerprint density at radius 1 is 0.781 bits per heavy atom. The van der Waals surface area contributed by atoms with Crippen LogP contribution in [-0.4, -0.2) is 35.9 Å². The second-order valence-electron chi connectivity index (χ2n) is 7.22. The molecule has 0 aliphatic carbocycles. The summed E-state index contributed by atoms with van der Waals surface area (Å²) in [6.45, 7) is 2.02. The maximum Gasteiger partial charge on any atom is 0.357 e. The Hall–Kier alpha value is -4.19. The molecule has 0 fully saturated rings. The molecule has 0 spiro atoms. The van der Waals surface area contributed by atoms with Gasteiger partial charge in [0, 0.05) is 5.56 Å². The highest BCUT2D eigenvalue weighted by atomic mass is 16.5. The Balaban J connectivity index is 2.06. The smallest absolute Gasteiger partial charge is 0.357 e. The molecule has 0 radical (unpaired) electrons. The number of aromatic nitrogens is 2. The van der Waals surface area contributed by atoms with Crippen molar-refractivity contribution in [2.24, 2.45) is 0 Å². The quantitative estimate of drug-likeness (QED) is 0.416. The molecule has 3 aromatic carbocycles. The molecule has 6 heteroatoms. The van der Waals surface area contributed by atoms with Crippen LogP contribution in [0.2, 0.25) is 0 Å². The monoisotopic (exact) mass is 426 g/mol. The van der Waals surface area contributed by atoms with Crippen molar-refractivity contribution in [3.8, 4) is 28.1 Å². The summed E-state index contributed by atoms with van der Waals surface area (Å²) in [6.07, 6.45) is 0. The molecule has 4 aromatic rings. The van der Waals surface area contributed by atoms with E-state index in [1.54, 1.807) is 12.1 Å². The van der Waals surface area contributed by atoms with Crippen molar-refractivity contribution in [1.82, 2.24) is 9.78 Å². The molecule has 0 aliphatic heterocycles. The molecule has 32 heavy (non-hydrogen) atoms. The number of rotatable bonds is 5. The van der Waals surface area contributed by atoms with Crippen molar-refractivity contribution in [3.05, 3.63) is 95.7 Å². The van der Waals surface area contributed by atoms with Gasteiger partial charge in [-0.1, -0.05) is 72.3 Å². The minimum atomic E-state index is -0.680. The van der Waals surface area contributed by atoms with E-state index in [4.69, 9.17) is 14.6 Å². The third kappa shape index (κ3) is 3.78. The first-order valence-corrected chi connectivity index (χ1v) is 10.1. The summed E-state index contributed by atoms with van der Waals surface area (Å²) in [5.74, 6) is -1.34. The minimum absolute atomic E-state index is 0.0135. The number of benzene rings is 3. The second kappa shape index (κ2) is 8.89. The Labute approximate surface area is 186 Å². The van der Waals surface area contributed by atoms with Gasteiger partial charge in [0.05, 0.1) is 19.9 Å².